The number of amides is 1. The summed E-state index contributed by atoms with van der Waals surface area (Å²) in [6.45, 7) is 5.46. The Morgan fingerprint density at radius 3 is 2.29 bits per heavy atom. The number of nitrogens with one attached hydrogen (secondary N) is 2. The van der Waals surface area contributed by atoms with Crippen molar-refractivity contribution in [1.82, 2.24) is 0 Å². The van der Waals surface area contributed by atoms with Gasteiger partial charge in [-0.15, -0.1) is 0 Å². The van der Waals surface area contributed by atoms with E-state index in [9.17, 15) is 13.2 Å². The van der Waals surface area contributed by atoms with E-state index in [2.05, 4.69) is 10.0 Å². The summed E-state index contributed by atoms with van der Waals surface area (Å²) in [6, 6.07) is 13.0. The van der Waals surface area contributed by atoms with E-state index >= 15 is 0 Å². The molecule has 2 aliphatic heterocycles. The number of carbonyl (C=O) groups is 1. The second-order valence-corrected chi connectivity index (χ2v) is 9.86. The van der Waals surface area contributed by atoms with Gasteiger partial charge in [0.1, 0.15) is 0 Å². The fourth-order valence-electron chi connectivity index (χ4n) is 4.21. The Morgan fingerprint density at radius 2 is 1.71 bits per heavy atom. The van der Waals surface area contributed by atoms with E-state index in [0.29, 0.717) is 5.69 Å². The van der Waals surface area contributed by atoms with Gasteiger partial charge in [0, 0.05) is 35.6 Å². The maximum Gasteiger partial charge on any atom is 0.229 e. The lowest BCUT2D eigenvalue weighted by molar-refractivity contribution is -0.382. The first-order chi connectivity index (χ1) is 14.6. The Balaban J connectivity index is 1.62. The molecule has 2 atom stereocenters. The number of benzene rings is 2. The highest BCUT2D eigenvalue weighted by molar-refractivity contribution is 7.92. The molecular formula is C22H27N3O5S. The van der Waals surface area contributed by atoms with Crippen LogP contribution in [-0.2, 0) is 24.3 Å². The molecule has 166 valence electrons. The van der Waals surface area contributed by atoms with E-state index in [1.54, 1.807) is 19.1 Å². The van der Waals surface area contributed by atoms with Gasteiger partial charge in [-0.25, -0.2) is 8.42 Å². The number of fused-ring (bicyclic) bond motifs is 1. The van der Waals surface area contributed by atoms with Crippen molar-refractivity contribution in [2.24, 2.45) is 0 Å². The van der Waals surface area contributed by atoms with Crippen molar-refractivity contribution in [3.63, 3.8) is 0 Å². The molecule has 0 radical (unpaired) electrons. The molecular weight excluding hydrogens is 418 g/mol. The second kappa shape index (κ2) is 8.14. The van der Waals surface area contributed by atoms with Gasteiger partial charge in [0.25, 0.3) is 0 Å². The molecule has 4 rings (SSSR count). The minimum Gasteiger partial charge on any atom is -0.378 e. The summed E-state index contributed by atoms with van der Waals surface area (Å²) >= 11 is 0. The number of hydrogen-bond acceptors (Lipinski definition) is 6. The smallest absolute Gasteiger partial charge is 0.229 e. The standard InChI is InChI=1S/C22H27N3O5S/c1-13-11-20(23-17-6-8-18(9-7-17)24-31(4,27)28)19-12-16(22-29-15(3)30-22)5-10-21(19)25(13)14(2)26/h5-10,12-13,15,20,22-24H,11H2,1-4H3. The number of ether oxygens (including phenoxy) is 2. The molecule has 0 spiro atoms. The maximum atomic E-state index is 12.3. The molecule has 0 saturated carbocycles. The van der Waals surface area contributed by atoms with Crippen LogP contribution in [-0.4, -0.2) is 32.9 Å². The van der Waals surface area contributed by atoms with E-state index < -0.39 is 16.3 Å². The van der Waals surface area contributed by atoms with Crippen LogP contribution < -0.4 is 14.9 Å². The van der Waals surface area contributed by atoms with Crippen LogP contribution in [0.1, 0.15) is 50.7 Å². The first kappa shape index (κ1) is 21.6. The van der Waals surface area contributed by atoms with E-state index in [0.717, 1.165) is 35.2 Å². The molecule has 0 aliphatic carbocycles. The van der Waals surface area contributed by atoms with Crippen molar-refractivity contribution in [1.29, 1.82) is 0 Å². The van der Waals surface area contributed by atoms with Gasteiger partial charge in [0.05, 0.1) is 12.3 Å². The van der Waals surface area contributed by atoms with Crippen LogP contribution in [0, 0.1) is 0 Å². The third kappa shape index (κ3) is 4.68. The summed E-state index contributed by atoms with van der Waals surface area (Å²) in [4.78, 5) is 14.1. The van der Waals surface area contributed by atoms with Crippen LogP contribution in [0.2, 0.25) is 0 Å². The molecule has 31 heavy (non-hydrogen) atoms. The summed E-state index contributed by atoms with van der Waals surface area (Å²) in [5.74, 6) is 0.000851. The highest BCUT2D eigenvalue weighted by atomic mass is 32.2. The van der Waals surface area contributed by atoms with Crippen LogP contribution in [0.15, 0.2) is 42.5 Å². The van der Waals surface area contributed by atoms with E-state index in [4.69, 9.17) is 9.47 Å². The minimum absolute atomic E-state index is 0.000851. The Bertz CT molecular complexity index is 1080. The zero-order chi connectivity index (χ0) is 22.3. The zero-order valence-corrected chi connectivity index (χ0v) is 18.8. The number of rotatable bonds is 5. The molecule has 2 unspecified atom stereocenters. The topological polar surface area (TPSA) is 97.0 Å². The van der Waals surface area contributed by atoms with Crippen molar-refractivity contribution in [2.45, 2.75) is 51.9 Å². The van der Waals surface area contributed by atoms with E-state index in [1.807, 2.05) is 49.1 Å². The quantitative estimate of drug-likeness (QED) is 0.728. The molecule has 1 saturated heterocycles. The van der Waals surface area contributed by atoms with Gasteiger partial charge in [0.2, 0.25) is 15.9 Å². The Morgan fingerprint density at radius 1 is 1.06 bits per heavy atom. The SMILES string of the molecule is CC(=O)N1c2ccc(C3OC(C)O3)cc2C(Nc2ccc(NS(C)(=O)=O)cc2)CC1C. The summed E-state index contributed by atoms with van der Waals surface area (Å²) in [6.07, 6.45) is 1.23. The van der Waals surface area contributed by atoms with Crippen molar-refractivity contribution in [3.8, 4) is 0 Å². The molecule has 0 bridgehead atoms. The lowest BCUT2D eigenvalue weighted by Crippen LogP contribution is -2.43. The van der Waals surface area contributed by atoms with Gasteiger partial charge >= 0.3 is 0 Å². The Hall–Kier alpha value is -2.62. The largest absolute Gasteiger partial charge is 0.378 e. The molecule has 0 aromatic heterocycles. The van der Waals surface area contributed by atoms with Crippen LogP contribution in [0.4, 0.5) is 17.1 Å². The minimum atomic E-state index is -3.32. The molecule has 2 N–H and O–H groups in total. The number of anilines is 3. The number of sulfonamides is 1. The van der Waals surface area contributed by atoms with Gasteiger partial charge in [-0.2, -0.15) is 0 Å². The van der Waals surface area contributed by atoms with Crippen molar-refractivity contribution < 1.29 is 22.7 Å². The van der Waals surface area contributed by atoms with Gasteiger partial charge in [0.15, 0.2) is 12.6 Å². The third-order valence-electron chi connectivity index (χ3n) is 5.48. The molecule has 2 aliphatic rings. The zero-order valence-electron chi connectivity index (χ0n) is 18.0. The predicted octanol–water partition coefficient (Wildman–Crippen LogP) is 3.75. The number of nitrogens with zero attached hydrogens (tertiary/aromatic N) is 1. The molecule has 1 amide bonds. The average molecular weight is 446 g/mol. The fraction of sp³-hybridized carbons (Fsp3) is 0.409. The number of carbonyl (C=O) groups excluding carboxylic acids is 1. The molecule has 2 heterocycles. The first-order valence-corrected chi connectivity index (χ1v) is 12.1. The molecule has 9 heteroatoms. The summed E-state index contributed by atoms with van der Waals surface area (Å²) in [5.41, 5.74) is 4.14. The molecule has 2 aromatic rings. The van der Waals surface area contributed by atoms with Crippen molar-refractivity contribution >= 4 is 33.0 Å². The maximum absolute atomic E-state index is 12.3. The summed E-state index contributed by atoms with van der Waals surface area (Å²) in [7, 11) is -3.32. The summed E-state index contributed by atoms with van der Waals surface area (Å²) < 4.78 is 36.6. The van der Waals surface area contributed by atoms with Gasteiger partial charge in [-0.05, 0) is 62.2 Å². The molecule has 8 nitrogen and oxygen atoms in total. The van der Waals surface area contributed by atoms with E-state index in [-0.39, 0.29) is 24.3 Å². The normalized spacial score (nSPS) is 25.4. The highest BCUT2D eigenvalue weighted by Crippen LogP contribution is 2.42. The molecule has 1 fully saturated rings. The molecule has 2 aromatic carbocycles. The van der Waals surface area contributed by atoms with Crippen LogP contribution in [0.25, 0.3) is 0 Å². The van der Waals surface area contributed by atoms with Crippen LogP contribution >= 0.6 is 0 Å². The average Bonchev–Trinajstić information content (AvgIpc) is 2.65. The fourth-order valence-corrected chi connectivity index (χ4v) is 4.78. The lowest BCUT2D eigenvalue weighted by Gasteiger charge is -2.41. The van der Waals surface area contributed by atoms with Crippen molar-refractivity contribution in [3.05, 3.63) is 53.6 Å². The Kier molecular flexibility index (Phi) is 5.67. The second-order valence-electron chi connectivity index (χ2n) is 8.11. The number of hydrogen-bond donors (Lipinski definition) is 2. The van der Waals surface area contributed by atoms with Crippen molar-refractivity contribution in [2.75, 3.05) is 21.2 Å². The van der Waals surface area contributed by atoms with E-state index in [1.165, 1.54) is 0 Å². The van der Waals surface area contributed by atoms with Gasteiger partial charge < -0.3 is 19.7 Å². The highest BCUT2D eigenvalue weighted by Gasteiger charge is 2.35. The van der Waals surface area contributed by atoms with Gasteiger partial charge in [-0.3, -0.25) is 9.52 Å². The Labute approximate surface area is 182 Å². The van der Waals surface area contributed by atoms with Crippen LogP contribution in [0.5, 0.6) is 0 Å². The van der Waals surface area contributed by atoms with Gasteiger partial charge in [-0.1, -0.05) is 6.07 Å². The first-order valence-electron chi connectivity index (χ1n) is 10.2. The monoisotopic (exact) mass is 445 g/mol. The lowest BCUT2D eigenvalue weighted by atomic mass is 9.89. The van der Waals surface area contributed by atoms with Crippen LogP contribution in [0.3, 0.4) is 0 Å². The summed E-state index contributed by atoms with van der Waals surface area (Å²) in [5, 5.41) is 3.53. The third-order valence-corrected chi connectivity index (χ3v) is 6.08. The predicted molar refractivity (Wildman–Crippen MR) is 119 cm³/mol.